The molecule has 0 saturated carbocycles. The molecule has 1 heterocycles. The van der Waals surface area contributed by atoms with Gasteiger partial charge in [-0.1, -0.05) is 13.3 Å². The number of carbonyl (C=O) groups is 1. The van der Waals surface area contributed by atoms with Crippen molar-refractivity contribution in [1.82, 2.24) is 4.90 Å². The molecule has 0 radical (unpaired) electrons. The molecule has 2 unspecified atom stereocenters. The van der Waals surface area contributed by atoms with Gasteiger partial charge in [-0.25, -0.2) is 0 Å². The lowest BCUT2D eigenvalue weighted by Gasteiger charge is -2.32. The van der Waals surface area contributed by atoms with Crippen molar-refractivity contribution in [3.63, 3.8) is 0 Å². The third-order valence-corrected chi connectivity index (χ3v) is 2.95. The lowest BCUT2D eigenvalue weighted by molar-refractivity contribution is -0.133. The first kappa shape index (κ1) is 11.5. The van der Waals surface area contributed by atoms with Crippen molar-refractivity contribution in [3.8, 4) is 0 Å². The molecule has 0 aromatic rings. The molecular formula is C11H22N2O. The minimum Gasteiger partial charge on any atom is -0.342 e. The molecule has 1 aliphatic heterocycles. The lowest BCUT2D eigenvalue weighted by Crippen LogP contribution is -2.41. The van der Waals surface area contributed by atoms with Crippen molar-refractivity contribution in [2.45, 2.75) is 45.6 Å². The highest BCUT2D eigenvalue weighted by Crippen LogP contribution is 2.19. The summed E-state index contributed by atoms with van der Waals surface area (Å²) in [6, 6.07) is -0.00972. The average molecular weight is 198 g/mol. The predicted octanol–water partition coefficient (Wildman–Crippen LogP) is 1.37. The van der Waals surface area contributed by atoms with Crippen molar-refractivity contribution >= 4 is 5.91 Å². The Balaban J connectivity index is 2.39. The number of nitrogens with zero attached hydrogens (tertiary/aromatic N) is 1. The topological polar surface area (TPSA) is 46.3 Å². The number of hydrogen-bond donors (Lipinski definition) is 1. The summed E-state index contributed by atoms with van der Waals surface area (Å²) in [4.78, 5) is 13.7. The van der Waals surface area contributed by atoms with Gasteiger partial charge >= 0.3 is 0 Å². The van der Waals surface area contributed by atoms with Crippen LogP contribution in [-0.4, -0.2) is 29.9 Å². The number of carbonyl (C=O) groups excluding carboxylic acids is 1. The summed E-state index contributed by atoms with van der Waals surface area (Å²) >= 11 is 0. The van der Waals surface area contributed by atoms with Crippen molar-refractivity contribution in [2.75, 3.05) is 13.1 Å². The van der Waals surface area contributed by atoms with Crippen LogP contribution in [0.5, 0.6) is 0 Å². The van der Waals surface area contributed by atoms with Crippen LogP contribution in [0.2, 0.25) is 0 Å². The van der Waals surface area contributed by atoms with Crippen molar-refractivity contribution < 1.29 is 4.79 Å². The fourth-order valence-electron chi connectivity index (χ4n) is 2.03. The van der Waals surface area contributed by atoms with Gasteiger partial charge in [-0.3, -0.25) is 4.79 Å². The average Bonchev–Trinajstić information content (AvgIpc) is 2.17. The van der Waals surface area contributed by atoms with Gasteiger partial charge in [0.05, 0.1) is 0 Å². The van der Waals surface area contributed by atoms with E-state index in [2.05, 4.69) is 6.92 Å². The van der Waals surface area contributed by atoms with E-state index >= 15 is 0 Å². The number of piperidine rings is 1. The zero-order chi connectivity index (χ0) is 10.6. The molecule has 2 N–H and O–H groups in total. The Morgan fingerprint density at radius 2 is 2.36 bits per heavy atom. The second-order valence-electron chi connectivity index (χ2n) is 4.44. The molecule has 1 fully saturated rings. The van der Waals surface area contributed by atoms with Gasteiger partial charge in [0.15, 0.2) is 0 Å². The van der Waals surface area contributed by atoms with E-state index in [1.807, 2.05) is 11.8 Å². The Kier molecular flexibility index (Phi) is 4.39. The smallest absolute Gasteiger partial charge is 0.224 e. The van der Waals surface area contributed by atoms with Gasteiger partial charge in [-0.15, -0.1) is 0 Å². The predicted molar refractivity (Wildman–Crippen MR) is 57.9 cm³/mol. The van der Waals surface area contributed by atoms with E-state index < -0.39 is 0 Å². The highest BCUT2D eigenvalue weighted by Gasteiger charge is 2.22. The highest BCUT2D eigenvalue weighted by atomic mass is 16.2. The van der Waals surface area contributed by atoms with Gasteiger partial charge < -0.3 is 10.6 Å². The van der Waals surface area contributed by atoms with E-state index in [1.165, 1.54) is 12.8 Å². The Bertz CT molecular complexity index is 192. The number of hydrogen-bond acceptors (Lipinski definition) is 2. The van der Waals surface area contributed by atoms with Crippen LogP contribution in [0.4, 0.5) is 0 Å². The first-order valence-electron chi connectivity index (χ1n) is 5.66. The molecule has 2 atom stereocenters. The molecule has 1 aliphatic rings. The summed E-state index contributed by atoms with van der Waals surface area (Å²) < 4.78 is 0. The summed E-state index contributed by atoms with van der Waals surface area (Å²) in [5.74, 6) is 0.943. The molecule has 1 rings (SSSR count). The van der Waals surface area contributed by atoms with Crippen molar-refractivity contribution in [1.29, 1.82) is 0 Å². The van der Waals surface area contributed by atoms with Crippen LogP contribution < -0.4 is 5.73 Å². The monoisotopic (exact) mass is 198 g/mol. The maximum Gasteiger partial charge on any atom is 0.224 e. The van der Waals surface area contributed by atoms with Crippen LogP contribution in [0, 0.1) is 5.92 Å². The lowest BCUT2D eigenvalue weighted by atomic mass is 9.95. The van der Waals surface area contributed by atoms with Crippen LogP contribution in [-0.2, 0) is 4.79 Å². The third kappa shape index (κ3) is 3.29. The number of nitrogens with two attached hydrogens (primary N) is 1. The molecule has 1 amide bonds. The SMILES string of the molecule is CCC1CCCN(C(=O)CC(C)N)C1. The first-order valence-corrected chi connectivity index (χ1v) is 5.66. The summed E-state index contributed by atoms with van der Waals surface area (Å²) in [5.41, 5.74) is 5.62. The van der Waals surface area contributed by atoms with E-state index in [9.17, 15) is 4.79 Å². The second-order valence-corrected chi connectivity index (χ2v) is 4.44. The number of rotatable bonds is 3. The molecule has 0 aromatic carbocycles. The fraction of sp³-hybridized carbons (Fsp3) is 0.909. The van der Waals surface area contributed by atoms with Crippen LogP contribution >= 0.6 is 0 Å². The molecule has 82 valence electrons. The van der Waals surface area contributed by atoms with Crippen LogP contribution in [0.25, 0.3) is 0 Å². The van der Waals surface area contributed by atoms with Crippen molar-refractivity contribution in [2.24, 2.45) is 11.7 Å². The number of amides is 1. The minimum atomic E-state index is -0.00972. The highest BCUT2D eigenvalue weighted by molar-refractivity contribution is 5.76. The number of likely N-dealkylation sites (tertiary alicyclic amines) is 1. The first-order chi connectivity index (χ1) is 6.63. The third-order valence-electron chi connectivity index (χ3n) is 2.95. The molecular weight excluding hydrogens is 176 g/mol. The Hall–Kier alpha value is -0.570. The van der Waals surface area contributed by atoms with E-state index in [4.69, 9.17) is 5.73 Å². The van der Waals surface area contributed by atoms with Gasteiger partial charge in [0.1, 0.15) is 0 Å². The fourth-order valence-corrected chi connectivity index (χ4v) is 2.03. The Morgan fingerprint density at radius 1 is 1.64 bits per heavy atom. The van der Waals surface area contributed by atoms with Crippen LogP contribution in [0.1, 0.15) is 39.5 Å². The quantitative estimate of drug-likeness (QED) is 0.744. The van der Waals surface area contributed by atoms with Gasteiger partial charge in [0, 0.05) is 25.6 Å². The molecule has 0 bridgehead atoms. The molecule has 0 aromatic heterocycles. The van der Waals surface area contributed by atoms with Crippen LogP contribution in [0.15, 0.2) is 0 Å². The summed E-state index contributed by atoms with van der Waals surface area (Å²) in [6.07, 6.45) is 4.11. The maximum atomic E-state index is 11.7. The van der Waals surface area contributed by atoms with Gasteiger partial charge in [0.2, 0.25) is 5.91 Å². The molecule has 3 nitrogen and oxygen atoms in total. The van der Waals surface area contributed by atoms with Crippen LogP contribution in [0.3, 0.4) is 0 Å². The molecule has 0 aliphatic carbocycles. The zero-order valence-corrected chi connectivity index (χ0v) is 9.33. The summed E-state index contributed by atoms with van der Waals surface area (Å²) in [5, 5.41) is 0. The zero-order valence-electron chi connectivity index (χ0n) is 9.33. The van der Waals surface area contributed by atoms with Gasteiger partial charge in [0.25, 0.3) is 0 Å². The largest absolute Gasteiger partial charge is 0.342 e. The van der Waals surface area contributed by atoms with Gasteiger partial charge in [-0.05, 0) is 25.7 Å². The molecule has 3 heteroatoms. The second kappa shape index (κ2) is 5.35. The summed E-state index contributed by atoms with van der Waals surface area (Å²) in [7, 11) is 0. The van der Waals surface area contributed by atoms with E-state index in [0.717, 1.165) is 19.5 Å². The van der Waals surface area contributed by atoms with E-state index in [-0.39, 0.29) is 11.9 Å². The maximum absolute atomic E-state index is 11.7. The molecule has 14 heavy (non-hydrogen) atoms. The Morgan fingerprint density at radius 3 is 2.93 bits per heavy atom. The Labute approximate surface area is 86.6 Å². The van der Waals surface area contributed by atoms with E-state index in [1.54, 1.807) is 0 Å². The normalized spacial score (nSPS) is 24.8. The van der Waals surface area contributed by atoms with Crippen molar-refractivity contribution in [3.05, 3.63) is 0 Å². The van der Waals surface area contributed by atoms with E-state index in [0.29, 0.717) is 12.3 Å². The molecule has 1 saturated heterocycles. The van der Waals surface area contributed by atoms with Gasteiger partial charge in [-0.2, -0.15) is 0 Å². The standard InChI is InChI=1S/C11H22N2O/c1-3-10-5-4-6-13(8-10)11(14)7-9(2)12/h9-10H,3-8,12H2,1-2H3. The minimum absolute atomic E-state index is 0.00972. The molecule has 0 spiro atoms. The summed E-state index contributed by atoms with van der Waals surface area (Å²) in [6.45, 7) is 5.97.